The molecule has 1 rings (SSSR count). The highest BCUT2D eigenvalue weighted by atomic mass is 35.5. The summed E-state index contributed by atoms with van der Waals surface area (Å²) < 4.78 is 25.7. The van der Waals surface area contributed by atoms with Crippen molar-refractivity contribution in [3.63, 3.8) is 0 Å². The number of rotatable bonds is 8. The quantitative estimate of drug-likeness (QED) is 0.537. The zero-order valence-corrected chi connectivity index (χ0v) is 12.0. The third-order valence-electron chi connectivity index (χ3n) is 3.19. The van der Waals surface area contributed by atoms with Gasteiger partial charge in [0.05, 0.1) is 12.3 Å². The Labute approximate surface area is 114 Å². The molecule has 1 aliphatic carbocycles. The van der Waals surface area contributed by atoms with Crippen LogP contribution in [0.1, 0.15) is 38.5 Å². The summed E-state index contributed by atoms with van der Waals surface area (Å²) in [6.07, 6.45) is 4.85. The van der Waals surface area contributed by atoms with E-state index in [1.807, 2.05) is 0 Å². The molecule has 0 atom stereocenters. The highest BCUT2D eigenvalue weighted by Gasteiger charge is 2.32. The molecule has 0 aromatic heterocycles. The minimum atomic E-state index is -3.40. The van der Waals surface area contributed by atoms with Crippen molar-refractivity contribution in [3.05, 3.63) is 0 Å². The summed E-state index contributed by atoms with van der Waals surface area (Å²) in [5.74, 6) is -0.0963. The molecule has 1 amide bonds. The number of amides is 1. The van der Waals surface area contributed by atoms with Crippen LogP contribution in [0.4, 0.5) is 0 Å². The second-order valence-corrected chi connectivity index (χ2v) is 7.08. The first kappa shape index (κ1) is 15.7. The predicted octanol–water partition coefficient (Wildman–Crippen LogP) is 1.07. The number of sulfonamides is 1. The molecule has 0 aromatic carbocycles. The van der Waals surface area contributed by atoms with Crippen molar-refractivity contribution in [1.29, 1.82) is 0 Å². The van der Waals surface area contributed by atoms with Crippen LogP contribution in [0.3, 0.4) is 0 Å². The zero-order valence-electron chi connectivity index (χ0n) is 10.5. The van der Waals surface area contributed by atoms with Gasteiger partial charge in [0, 0.05) is 11.9 Å². The largest absolute Gasteiger partial charge is 0.369 e. The van der Waals surface area contributed by atoms with E-state index in [0.717, 1.165) is 25.7 Å². The molecule has 0 radical (unpaired) electrons. The smallest absolute Gasteiger partial charge is 0.232 e. The maximum Gasteiger partial charge on any atom is 0.232 e. The Balaban J connectivity index is 2.70. The summed E-state index contributed by atoms with van der Waals surface area (Å²) in [7, 11) is -3.40. The second-order valence-electron chi connectivity index (χ2n) is 4.66. The summed E-state index contributed by atoms with van der Waals surface area (Å²) in [5, 5.41) is 0. The summed E-state index contributed by atoms with van der Waals surface area (Å²) in [5.41, 5.74) is 5.15. The van der Waals surface area contributed by atoms with E-state index in [9.17, 15) is 13.2 Å². The van der Waals surface area contributed by atoms with Gasteiger partial charge in [-0.2, -0.15) is 4.31 Å². The van der Waals surface area contributed by atoms with Crippen LogP contribution in [0.5, 0.6) is 0 Å². The van der Waals surface area contributed by atoms with Crippen LogP contribution in [0.2, 0.25) is 0 Å². The summed E-state index contributed by atoms with van der Waals surface area (Å²) in [6, 6.07) is -0.0569. The molecule has 0 bridgehead atoms. The lowest BCUT2D eigenvalue weighted by atomic mass is 10.2. The van der Waals surface area contributed by atoms with Gasteiger partial charge < -0.3 is 5.73 Å². The molecule has 0 saturated heterocycles. The lowest BCUT2D eigenvalue weighted by Gasteiger charge is -2.26. The standard InChI is InChI=1S/C11H21ClN2O3S/c12-7-3-4-8-18(16,17)14(9-11(13)15)10-5-1-2-6-10/h10H,1-9H2,(H2,13,15). The Morgan fingerprint density at radius 2 is 1.89 bits per heavy atom. The van der Waals surface area contributed by atoms with Gasteiger partial charge in [-0.25, -0.2) is 8.42 Å². The Kier molecular flexibility index (Phi) is 6.38. The van der Waals surface area contributed by atoms with E-state index in [1.54, 1.807) is 0 Å². The molecule has 0 aromatic rings. The molecule has 18 heavy (non-hydrogen) atoms. The van der Waals surface area contributed by atoms with Gasteiger partial charge in [0.15, 0.2) is 0 Å². The maximum atomic E-state index is 12.2. The fourth-order valence-corrected chi connectivity index (χ4v) is 4.28. The number of nitrogens with two attached hydrogens (primary N) is 1. The first-order chi connectivity index (χ1) is 8.47. The predicted molar refractivity (Wildman–Crippen MR) is 71.9 cm³/mol. The van der Waals surface area contributed by atoms with E-state index in [1.165, 1.54) is 4.31 Å². The third kappa shape index (κ3) is 4.74. The lowest BCUT2D eigenvalue weighted by molar-refractivity contribution is -0.118. The monoisotopic (exact) mass is 296 g/mol. The van der Waals surface area contributed by atoms with Crippen molar-refractivity contribution in [2.75, 3.05) is 18.2 Å². The highest BCUT2D eigenvalue weighted by Crippen LogP contribution is 2.26. The maximum absolute atomic E-state index is 12.2. The number of halogens is 1. The van der Waals surface area contributed by atoms with Crippen molar-refractivity contribution in [3.8, 4) is 0 Å². The van der Waals surface area contributed by atoms with Gasteiger partial charge in [-0.1, -0.05) is 12.8 Å². The molecule has 2 N–H and O–H groups in total. The second kappa shape index (κ2) is 7.31. The number of carbonyl (C=O) groups is 1. The molecule has 106 valence electrons. The lowest BCUT2D eigenvalue weighted by Crippen LogP contribution is -2.45. The number of hydrogen-bond donors (Lipinski definition) is 1. The van der Waals surface area contributed by atoms with Crippen LogP contribution >= 0.6 is 11.6 Å². The van der Waals surface area contributed by atoms with Crippen LogP contribution < -0.4 is 5.73 Å². The first-order valence-corrected chi connectivity index (χ1v) is 8.45. The van der Waals surface area contributed by atoms with Crippen LogP contribution in [0.25, 0.3) is 0 Å². The number of hydrogen-bond acceptors (Lipinski definition) is 3. The minimum absolute atomic E-state index is 0.0451. The molecular weight excluding hydrogens is 276 g/mol. The van der Waals surface area contributed by atoms with Gasteiger partial charge in [-0.05, 0) is 25.7 Å². The summed E-state index contributed by atoms with van der Waals surface area (Å²) in [4.78, 5) is 11.0. The van der Waals surface area contributed by atoms with E-state index in [0.29, 0.717) is 18.7 Å². The Morgan fingerprint density at radius 1 is 1.28 bits per heavy atom. The first-order valence-electron chi connectivity index (χ1n) is 6.31. The number of nitrogens with zero attached hydrogens (tertiary/aromatic N) is 1. The van der Waals surface area contributed by atoms with E-state index < -0.39 is 15.9 Å². The molecule has 1 fully saturated rings. The van der Waals surface area contributed by atoms with Crippen molar-refractivity contribution in [2.24, 2.45) is 5.73 Å². The summed E-state index contributed by atoms with van der Waals surface area (Å²) >= 11 is 5.54. The normalized spacial score (nSPS) is 17.4. The van der Waals surface area contributed by atoms with E-state index >= 15 is 0 Å². The van der Waals surface area contributed by atoms with Crippen LogP contribution in [-0.2, 0) is 14.8 Å². The van der Waals surface area contributed by atoms with Crippen molar-refractivity contribution in [1.82, 2.24) is 4.31 Å². The Hall–Kier alpha value is -0.330. The topological polar surface area (TPSA) is 80.5 Å². The average Bonchev–Trinajstić information content (AvgIpc) is 2.78. The van der Waals surface area contributed by atoms with Crippen molar-refractivity contribution >= 4 is 27.5 Å². The van der Waals surface area contributed by atoms with Crippen LogP contribution in [0.15, 0.2) is 0 Å². The number of primary amides is 1. The Bertz CT molecular complexity index is 366. The average molecular weight is 297 g/mol. The zero-order chi connectivity index (χ0) is 13.6. The summed E-state index contributed by atoms with van der Waals surface area (Å²) in [6.45, 7) is -0.201. The minimum Gasteiger partial charge on any atom is -0.369 e. The molecular formula is C11H21ClN2O3S. The molecule has 0 heterocycles. The molecule has 0 unspecified atom stereocenters. The van der Waals surface area contributed by atoms with E-state index in [-0.39, 0.29) is 18.3 Å². The molecule has 0 aliphatic heterocycles. The SMILES string of the molecule is NC(=O)CN(C1CCCC1)S(=O)(=O)CCCCCl. The van der Waals surface area contributed by atoms with Crippen LogP contribution in [0, 0.1) is 0 Å². The molecule has 1 aliphatic rings. The third-order valence-corrected chi connectivity index (χ3v) is 5.40. The number of carbonyl (C=O) groups excluding carboxylic acids is 1. The van der Waals surface area contributed by atoms with Crippen molar-refractivity contribution in [2.45, 2.75) is 44.6 Å². The van der Waals surface area contributed by atoms with Crippen molar-refractivity contribution < 1.29 is 13.2 Å². The number of unbranched alkanes of at least 4 members (excludes halogenated alkanes) is 1. The molecule has 5 nitrogen and oxygen atoms in total. The van der Waals surface area contributed by atoms with Gasteiger partial charge in [-0.3, -0.25) is 4.79 Å². The fraction of sp³-hybridized carbons (Fsp3) is 0.909. The number of alkyl halides is 1. The molecule has 7 heteroatoms. The fourth-order valence-electron chi connectivity index (χ4n) is 2.30. The van der Waals surface area contributed by atoms with E-state index in [2.05, 4.69) is 0 Å². The van der Waals surface area contributed by atoms with Gasteiger partial charge in [0.1, 0.15) is 0 Å². The van der Waals surface area contributed by atoms with Gasteiger partial charge >= 0.3 is 0 Å². The van der Waals surface area contributed by atoms with Crippen LogP contribution in [-0.4, -0.2) is 42.8 Å². The Morgan fingerprint density at radius 3 is 2.39 bits per heavy atom. The molecule has 0 spiro atoms. The highest BCUT2D eigenvalue weighted by molar-refractivity contribution is 7.89. The van der Waals surface area contributed by atoms with Gasteiger partial charge in [-0.15, -0.1) is 11.6 Å². The molecule has 1 saturated carbocycles. The van der Waals surface area contributed by atoms with E-state index in [4.69, 9.17) is 17.3 Å². The van der Waals surface area contributed by atoms with Gasteiger partial charge in [0.2, 0.25) is 15.9 Å². The van der Waals surface area contributed by atoms with Gasteiger partial charge in [0.25, 0.3) is 0 Å².